The Hall–Kier alpha value is -2.64. The number of hydrogen-bond acceptors (Lipinski definition) is 6. The van der Waals surface area contributed by atoms with Crippen LogP contribution in [0.2, 0.25) is 0 Å². The Bertz CT molecular complexity index is 1090. The molecule has 4 aromatic rings. The second kappa shape index (κ2) is 8.58. The molecule has 28 heavy (non-hydrogen) atoms. The Morgan fingerprint density at radius 1 is 1.18 bits per heavy atom. The SMILES string of the molecule is CCCCc1ccc2nc(NC(=O)Cc3csc(-c4ccccn4)n3)sc2c1. The summed E-state index contributed by atoms with van der Waals surface area (Å²) in [5.74, 6) is -0.108. The van der Waals surface area contributed by atoms with Gasteiger partial charge in [0.2, 0.25) is 5.91 Å². The fourth-order valence-electron chi connectivity index (χ4n) is 2.88. The number of carbonyl (C=O) groups is 1. The summed E-state index contributed by atoms with van der Waals surface area (Å²) in [6, 6.07) is 12.0. The van der Waals surface area contributed by atoms with Crippen LogP contribution in [0, 0.1) is 0 Å². The molecule has 0 aliphatic heterocycles. The van der Waals surface area contributed by atoms with Gasteiger partial charge in [-0.05, 0) is 42.7 Å². The third kappa shape index (κ3) is 4.43. The molecule has 0 radical (unpaired) electrons. The zero-order valence-corrected chi connectivity index (χ0v) is 17.1. The summed E-state index contributed by atoms with van der Waals surface area (Å²) in [6.45, 7) is 2.19. The zero-order chi connectivity index (χ0) is 19.3. The van der Waals surface area contributed by atoms with Crippen LogP contribution in [-0.2, 0) is 17.6 Å². The fourth-order valence-corrected chi connectivity index (χ4v) is 4.62. The standard InChI is InChI=1S/C21H20N4OS2/c1-2-3-6-14-8-9-16-18(11-14)28-21(24-16)25-19(26)12-15-13-27-20(23-15)17-7-4-5-10-22-17/h4-5,7-11,13H,2-3,6,12H2,1H3,(H,24,25,26). The molecule has 0 saturated heterocycles. The molecule has 7 heteroatoms. The maximum absolute atomic E-state index is 12.4. The van der Waals surface area contributed by atoms with Gasteiger partial charge in [0, 0.05) is 11.6 Å². The highest BCUT2D eigenvalue weighted by Gasteiger charge is 2.12. The lowest BCUT2D eigenvalue weighted by molar-refractivity contribution is -0.115. The highest BCUT2D eigenvalue weighted by Crippen LogP contribution is 2.28. The molecule has 1 amide bonds. The summed E-state index contributed by atoms with van der Waals surface area (Å²) in [5.41, 5.74) is 3.81. The lowest BCUT2D eigenvalue weighted by Crippen LogP contribution is -2.14. The first-order valence-electron chi connectivity index (χ1n) is 9.26. The molecule has 0 bridgehead atoms. The summed E-state index contributed by atoms with van der Waals surface area (Å²) in [5, 5.41) is 6.27. The van der Waals surface area contributed by atoms with Crippen LogP contribution in [0.25, 0.3) is 20.9 Å². The van der Waals surface area contributed by atoms with Crippen molar-refractivity contribution in [1.82, 2.24) is 15.0 Å². The van der Waals surface area contributed by atoms with Gasteiger partial charge >= 0.3 is 0 Å². The van der Waals surface area contributed by atoms with E-state index >= 15 is 0 Å². The lowest BCUT2D eigenvalue weighted by atomic mass is 10.1. The van der Waals surface area contributed by atoms with E-state index in [0.717, 1.165) is 33.0 Å². The summed E-state index contributed by atoms with van der Waals surface area (Å²) in [4.78, 5) is 25.8. The minimum Gasteiger partial charge on any atom is -0.302 e. The molecule has 4 rings (SSSR count). The lowest BCUT2D eigenvalue weighted by Gasteiger charge is -1.98. The number of thiazole rings is 2. The molecule has 1 aromatic carbocycles. The number of hydrogen-bond donors (Lipinski definition) is 1. The number of carbonyl (C=O) groups excluding carboxylic acids is 1. The minimum absolute atomic E-state index is 0.108. The molecule has 0 spiro atoms. The fraction of sp³-hybridized carbons (Fsp3) is 0.238. The van der Waals surface area contributed by atoms with E-state index in [0.29, 0.717) is 5.13 Å². The number of aryl methyl sites for hydroxylation is 1. The van der Waals surface area contributed by atoms with Gasteiger partial charge in [0.25, 0.3) is 0 Å². The van der Waals surface area contributed by atoms with Crippen molar-refractivity contribution >= 4 is 43.9 Å². The largest absolute Gasteiger partial charge is 0.302 e. The van der Waals surface area contributed by atoms with E-state index in [-0.39, 0.29) is 12.3 Å². The Labute approximate surface area is 171 Å². The van der Waals surface area contributed by atoms with Gasteiger partial charge in [-0.3, -0.25) is 9.78 Å². The monoisotopic (exact) mass is 408 g/mol. The highest BCUT2D eigenvalue weighted by molar-refractivity contribution is 7.22. The van der Waals surface area contributed by atoms with Crippen LogP contribution < -0.4 is 5.32 Å². The van der Waals surface area contributed by atoms with Gasteiger partial charge in [0.05, 0.1) is 28.0 Å². The van der Waals surface area contributed by atoms with Crippen molar-refractivity contribution < 1.29 is 4.79 Å². The highest BCUT2D eigenvalue weighted by atomic mass is 32.1. The van der Waals surface area contributed by atoms with Gasteiger partial charge in [-0.15, -0.1) is 11.3 Å². The van der Waals surface area contributed by atoms with E-state index < -0.39 is 0 Å². The molecule has 0 aliphatic rings. The van der Waals surface area contributed by atoms with Crippen LogP contribution in [0.3, 0.4) is 0 Å². The van der Waals surface area contributed by atoms with Crippen LogP contribution in [0.5, 0.6) is 0 Å². The van der Waals surface area contributed by atoms with Gasteiger partial charge in [-0.1, -0.05) is 36.8 Å². The number of nitrogens with zero attached hydrogens (tertiary/aromatic N) is 3. The second-order valence-corrected chi connectivity index (χ2v) is 8.40. The van der Waals surface area contributed by atoms with Gasteiger partial charge in [-0.2, -0.15) is 0 Å². The third-order valence-corrected chi connectivity index (χ3v) is 6.14. The van der Waals surface area contributed by atoms with Gasteiger partial charge in [0.15, 0.2) is 5.13 Å². The van der Waals surface area contributed by atoms with Gasteiger partial charge in [-0.25, -0.2) is 9.97 Å². The molecule has 3 heterocycles. The van der Waals surface area contributed by atoms with Gasteiger partial charge < -0.3 is 5.32 Å². The first-order chi connectivity index (χ1) is 13.7. The topological polar surface area (TPSA) is 67.8 Å². The van der Waals surface area contributed by atoms with Crippen molar-refractivity contribution in [3.63, 3.8) is 0 Å². The van der Waals surface area contributed by atoms with Crippen molar-refractivity contribution in [1.29, 1.82) is 0 Å². The molecule has 5 nitrogen and oxygen atoms in total. The molecule has 0 aliphatic carbocycles. The smallest absolute Gasteiger partial charge is 0.232 e. The average molecular weight is 409 g/mol. The average Bonchev–Trinajstić information content (AvgIpc) is 3.33. The van der Waals surface area contributed by atoms with Crippen LogP contribution in [0.15, 0.2) is 48.0 Å². The number of fused-ring (bicyclic) bond motifs is 1. The van der Waals surface area contributed by atoms with E-state index in [1.807, 2.05) is 29.6 Å². The Morgan fingerprint density at radius 3 is 2.93 bits per heavy atom. The summed E-state index contributed by atoms with van der Waals surface area (Å²) >= 11 is 3.01. The first kappa shape index (κ1) is 18.7. The number of rotatable bonds is 7. The van der Waals surface area contributed by atoms with Crippen molar-refractivity contribution in [3.05, 3.63) is 59.2 Å². The zero-order valence-electron chi connectivity index (χ0n) is 15.5. The number of amides is 1. The maximum Gasteiger partial charge on any atom is 0.232 e. The Morgan fingerprint density at radius 2 is 2.11 bits per heavy atom. The van der Waals surface area contributed by atoms with Gasteiger partial charge in [0.1, 0.15) is 5.01 Å². The minimum atomic E-state index is -0.108. The van der Waals surface area contributed by atoms with Crippen LogP contribution in [0.1, 0.15) is 31.0 Å². The summed E-state index contributed by atoms with van der Waals surface area (Å²) in [6.07, 6.45) is 5.40. The third-order valence-electron chi connectivity index (χ3n) is 4.30. The molecule has 1 N–H and O–H groups in total. The second-order valence-electron chi connectivity index (χ2n) is 6.51. The molecular formula is C21H20N4OS2. The van der Waals surface area contributed by atoms with E-state index in [4.69, 9.17) is 0 Å². The molecule has 0 fully saturated rings. The molecule has 0 unspecified atom stereocenters. The summed E-state index contributed by atoms with van der Waals surface area (Å²) < 4.78 is 1.11. The molecule has 142 valence electrons. The predicted octanol–water partition coefficient (Wildman–Crippen LogP) is 5.34. The molecule has 3 aromatic heterocycles. The van der Waals surface area contributed by atoms with Crippen molar-refractivity contribution in [3.8, 4) is 10.7 Å². The van der Waals surface area contributed by atoms with Crippen LogP contribution in [0.4, 0.5) is 5.13 Å². The molecule has 0 saturated carbocycles. The number of unbranched alkanes of at least 4 members (excludes halogenated alkanes) is 1. The van der Waals surface area contributed by atoms with E-state index in [1.165, 1.54) is 41.1 Å². The number of pyridine rings is 1. The Kier molecular flexibility index (Phi) is 5.73. The number of aromatic nitrogens is 3. The maximum atomic E-state index is 12.4. The number of benzene rings is 1. The number of nitrogens with one attached hydrogen (secondary N) is 1. The van der Waals surface area contributed by atoms with Crippen molar-refractivity contribution in [2.75, 3.05) is 5.32 Å². The first-order valence-corrected chi connectivity index (χ1v) is 11.0. The van der Waals surface area contributed by atoms with Crippen molar-refractivity contribution in [2.45, 2.75) is 32.6 Å². The molecule has 0 atom stereocenters. The van der Waals surface area contributed by atoms with Crippen LogP contribution in [-0.4, -0.2) is 20.9 Å². The van der Waals surface area contributed by atoms with E-state index in [1.54, 1.807) is 6.20 Å². The summed E-state index contributed by atoms with van der Waals surface area (Å²) in [7, 11) is 0. The Balaban J connectivity index is 1.41. The van der Waals surface area contributed by atoms with Crippen LogP contribution >= 0.6 is 22.7 Å². The normalized spacial score (nSPS) is 11.0. The number of anilines is 1. The quantitative estimate of drug-likeness (QED) is 0.448. The molecular weight excluding hydrogens is 388 g/mol. The van der Waals surface area contributed by atoms with E-state index in [2.05, 4.69) is 39.3 Å². The van der Waals surface area contributed by atoms with Crippen molar-refractivity contribution in [2.24, 2.45) is 0 Å². The van der Waals surface area contributed by atoms with E-state index in [9.17, 15) is 4.79 Å². The predicted molar refractivity (Wildman–Crippen MR) is 116 cm³/mol.